The Balaban J connectivity index is 1.96. The summed E-state index contributed by atoms with van der Waals surface area (Å²) in [5, 5.41) is 13.1. The first-order valence-electron chi connectivity index (χ1n) is 6.05. The van der Waals surface area contributed by atoms with Crippen LogP contribution in [0, 0.1) is 11.7 Å². The van der Waals surface area contributed by atoms with Gasteiger partial charge in [0.05, 0.1) is 12.7 Å². The largest absolute Gasteiger partial charge is 0.386 e. The Bertz CT molecular complexity index is 418. The lowest BCUT2D eigenvalue weighted by Crippen LogP contribution is -2.27. The van der Waals surface area contributed by atoms with E-state index in [2.05, 4.69) is 5.32 Å². The van der Waals surface area contributed by atoms with Gasteiger partial charge in [0.15, 0.2) is 0 Å². The summed E-state index contributed by atoms with van der Waals surface area (Å²) in [4.78, 5) is 0. The quantitative estimate of drug-likeness (QED) is 0.778. The molecule has 0 radical (unpaired) electrons. The maximum Gasteiger partial charge on any atom is 0.123 e. The third kappa shape index (κ3) is 1.97. The van der Waals surface area contributed by atoms with E-state index < -0.39 is 6.10 Å². The molecule has 1 saturated heterocycles. The number of aliphatic hydroxyl groups excluding tert-OH is 1. The van der Waals surface area contributed by atoms with Gasteiger partial charge in [-0.3, -0.25) is 0 Å². The first-order chi connectivity index (χ1) is 8.25. The molecule has 1 aromatic rings. The van der Waals surface area contributed by atoms with E-state index in [1.807, 2.05) is 0 Å². The van der Waals surface area contributed by atoms with Gasteiger partial charge < -0.3 is 15.2 Å². The summed E-state index contributed by atoms with van der Waals surface area (Å²) in [7, 11) is 0. The number of fused-ring (bicyclic) bond motifs is 1. The van der Waals surface area contributed by atoms with Crippen LogP contribution in [0.5, 0.6) is 0 Å². The van der Waals surface area contributed by atoms with E-state index in [4.69, 9.17) is 4.74 Å². The molecule has 3 rings (SSSR count). The summed E-state index contributed by atoms with van der Waals surface area (Å²) in [5.74, 6) is 0.125. The smallest absolute Gasteiger partial charge is 0.123 e. The Labute approximate surface area is 99.6 Å². The lowest BCUT2D eigenvalue weighted by Gasteiger charge is -2.32. The molecule has 1 aromatic carbocycles. The maximum absolute atomic E-state index is 13.2. The molecule has 0 aromatic heterocycles. The molecule has 1 unspecified atom stereocenters. The van der Waals surface area contributed by atoms with E-state index in [0.717, 1.165) is 25.1 Å². The van der Waals surface area contributed by atoms with Gasteiger partial charge in [-0.25, -0.2) is 4.39 Å². The Hall–Kier alpha value is -0.970. The first-order valence-corrected chi connectivity index (χ1v) is 6.05. The van der Waals surface area contributed by atoms with Gasteiger partial charge >= 0.3 is 0 Å². The van der Waals surface area contributed by atoms with Gasteiger partial charge in [0.1, 0.15) is 11.9 Å². The zero-order valence-corrected chi connectivity index (χ0v) is 9.53. The second-order valence-corrected chi connectivity index (χ2v) is 4.80. The Kier molecular flexibility index (Phi) is 2.86. The number of rotatable bonds is 1. The molecule has 3 nitrogen and oxygen atoms in total. The predicted octanol–water partition coefficient (Wildman–Crippen LogP) is 1.54. The van der Waals surface area contributed by atoms with Crippen molar-refractivity contribution >= 4 is 0 Å². The monoisotopic (exact) mass is 237 g/mol. The number of halogens is 1. The van der Waals surface area contributed by atoms with Crippen LogP contribution in [0.15, 0.2) is 18.2 Å². The molecule has 2 heterocycles. The van der Waals surface area contributed by atoms with Crippen molar-refractivity contribution in [2.24, 2.45) is 5.92 Å². The van der Waals surface area contributed by atoms with Crippen LogP contribution < -0.4 is 5.32 Å². The maximum atomic E-state index is 13.2. The van der Waals surface area contributed by atoms with Crippen molar-refractivity contribution in [2.45, 2.75) is 18.6 Å². The number of nitrogens with one attached hydrogen (secondary N) is 1. The predicted molar refractivity (Wildman–Crippen MR) is 61.0 cm³/mol. The summed E-state index contributed by atoms with van der Waals surface area (Å²) >= 11 is 0. The summed E-state index contributed by atoms with van der Waals surface area (Å²) in [6.45, 7) is 2.19. The summed E-state index contributed by atoms with van der Waals surface area (Å²) < 4.78 is 18.9. The van der Waals surface area contributed by atoms with Gasteiger partial charge in [0, 0.05) is 12.5 Å². The van der Waals surface area contributed by atoms with Gasteiger partial charge in [-0.05, 0) is 36.2 Å². The average Bonchev–Trinajstić information content (AvgIpc) is 2.84. The Morgan fingerprint density at radius 1 is 1.35 bits per heavy atom. The fourth-order valence-electron chi connectivity index (χ4n) is 2.79. The molecule has 0 aliphatic carbocycles. The van der Waals surface area contributed by atoms with E-state index in [1.165, 1.54) is 12.1 Å². The Morgan fingerprint density at radius 2 is 2.24 bits per heavy atom. The van der Waals surface area contributed by atoms with Crippen molar-refractivity contribution in [3.63, 3.8) is 0 Å². The van der Waals surface area contributed by atoms with Crippen LogP contribution in [0.25, 0.3) is 0 Å². The van der Waals surface area contributed by atoms with E-state index in [9.17, 15) is 9.50 Å². The van der Waals surface area contributed by atoms with Crippen molar-refractivity contribution in [3.05, 3.63) is 35.1 Å². The van der Waals surface area contributed by atoms with Gasteiger partial charge in [0.25, 0.3) is 0 Å². The van der Waals surface area contributed by atoms with Crippen LogP contribution in [-0.2, 0) is 4.74 Å². The molecule has 92 valence electrons. The fraction of sp³-hybridized carbons (Fsp3) is 0.538. The van der Waals surface area contributed by atoms with Gasteiger partial charge in [-0.1, -0.05) is 6.07 Å². The molecule has 0 amide bonds. The van der Waals surface area contributed by atoms with Crippen molar-refractivity contribution < 1.29 is 14.2 Å². The number of aliphatic hydroxyl groups is 1. The molecule has 1 fully saturated rings. The van der Waals surface area contributed by atoms with E-state index in [1.54, 1.807) is 6.07 Å². The minimum atomic E-state index is -0.702. The average molecular weight is 237 g/mol. The molecule has 3 atom stereocenters. The standard InChI is InChI=1S/C13H16FNO2/c14-9-1-2-10-11(5-9)12(16)7-17-13(10)8-3-4-15-6-8/h1-2,5,8,12-13,15-16H,3-4,6-7H2/t8-,12?,13+/m1/s1. The molecule has 17 heavy (non-hydrogen) atoms. The van der Waals surface area contributed by atoms with Crippen molar-refractivity contribution in [1.29, 1.82) is 0 Å². The number of benzene rings is 1. The summed E-state index contributed by atoms with van der Waals surface area (Å²) in [6.07, 6.45) is 0.354. The lowest BCUT2D eigenvalue weighted by atomic mass is 9.88. The molecule has 2 aliphatic heterocycles. The first kappa shape index (κ1) is 11.1. The van der Waals surface area contributed by atoms with Crippen molar-refractivity contribution in [2.75, 3.05) is 19.7 Å². The highest BCUT2D eigenvalue weighted by molar-refractivity contribution is 5.34. The van der Waals surface area contributed by atoms with Crippen LogP contribution in [0.2, 0.25) is 0 Å². The van der Waals surface area contributed by atoms with Crippen LogP contribution >= 0.6 is 0 Å². The number of ether oxygens (including phenoxy) is 1. The highest BCUT2D eigenvalue weighted by atomic mass is 19.1. The van der Waals surface area contributed by atoms with Crippen LogP contribution in [0.3, 0.4) is 0 Å². The molecule has 2 N–H and O–H groups in total. The Morgan fingerprint density at radius 3 is 3.00 bits per heavy atom. The van der Waals surface area contributed by atoms with Gasteiger partial charge in [0.2, 0.25) is 0 Å². The zero-order valence-electron chi connectivity index (χ0n) is 9.53. The third-order valence-corrected chi connectivity index (χ3v) is 3.67. The number of hydrogen-bond donors (Lipinski definition) is 2. The zero-order chi connectivity index (χ0) is 11.8. The second kappa shape index (κ2) is 4.37. The van der Waals surface area contributed by atoms with Crippen molar-refractivity contribution in [1.82, 2.24) is 5.32 Å². The molecule has 0 saturated carbocycles. The molecule has 4 heteroatoms. The van der Waals surface area contributed by atoms with E-state index in [-0.39, 0.29) is 18.5 Å². The highest BCUT2D eigenvalue weighted by Crippen LogP contribution is 2.39. The van der Waals surface area contributed by atoms with Gasteiger partial charge in [-0.15, -0.1) is 0 Å². The second-order valence-electron chi connectivity index (χ2n) is 4.80. The summed E-state index contributed by atoms with van der Waals surface area (Å²) in [5.41, 5.74) is 1.63. The van der Waals surface area contributed by atoms with Crippen LogP contribution in [0.1, 0.15) is 29.8 Å². The molecule has 0 bridgehead atoms. The van der Waals surface area contributed by atoms with Crippen molar-refractivity contribution in [3.8, 4) is 0 Å². The highest BCUT2D eigenvalue weighted by Gasteiger charge is 2.33. The fourth-order valence-corrected chi connectivity index (χ4v) is 2.79. The minimum absolute atomic E-state index is 0.0102. The molecular formula is C13H16FNO2. The molecular weight excluding hydrogens is 221 g/mol. The van der Waals surface area contributed by atoms with E-state index in [0.29, 0.717) is 11.5 Å². The van der Waals surface area contributed by atoms with Crippen LogP contribution in [0.4, 0.5) is 4.39 Å². The van der Waals surface area contributed by atoms with Crippen LogP contribution in [-0.4, -0.2) is 24.8 Å². The third-order valence-electron chi connectivity index (χ3n) is 3.67. The van der Waals surface area contributed by atoms with Gasteiger partial charge in [-0.2, -0.15) is 0 Å². The molecule has 2 aliphatic rings. The minimum Gasteiger partial charge on any atom is -0.386 e. The number of hydrogen-bond acceptors (Lipinski definition) is 3. The van der Waals surface area contributed by atoms with E-state index >= 15 is 0 Å². The molecule has 0 spiro atoms. The SMILES string of the molecule is OC1CO[C@@H]([C@@H]2CCNC2)c2ccc(F)cc21. The lowest BCUT2D eigenvalue weighted by molar-refractivity contribution is -0.0523. The summed E-state index contributed by atoms with van der Waals surface area (Å²) in [6, 6.07) is 4.61. The topological polar surface area (TPSA) is 41.5 Å². The normalized spacial score (nSPS) is 32.5.